The molecule has 0 atom stereocenters. The lowest BCUT2D eigenvalue weighted by Gasteiger charge is -2.30. The van der Waals surface area contributed by atoms with Crippen LogP contribution in [-0.4, -0.2) is 44.2 Å². The van der Waals surface area contributed by atoms with Crippen LogP contribution in [0.25, 0.3) is 10.9 Å². The van der Waals surface area contributed by atoms with Gasteiger partial charge in [-0.15, -0.1) is 0 Å². The summed E-state index contributed by atoms with van der Waals surface area (Å²) in [6.45, 7) is 0. The average molecular weight is 433 g/mol. The van der Waals surface area contributed by atoms with Crippen molar-refractivity contribution < 1.29 is 9.53 Å². The zero-order valence-electron chi connectivity index (χ0n) is 19.1. The second-order valence-corrected chi connectivity index (χ2v) is 8.73. The maximum atomic E-state index is 12.5. The van der Waals surface area contributed by atoms with Crippen molar-refractivity contribution in [3.63, 3.8) is 0 Å². The van der Waals surface area contributed by atoms with Gasteiger partial charge >= 0.3 is 0 Å². The van der Waals surface area contributed by atoms with E-state index in [1.54, 1.807) is 7.11 Å². The van der Waals surface area contributed by atoms with E-state index in [9.17, 15) is 4.79 Å². The summed E-state index contributed by atoms with van der Waals surface area (Å²) >= 11 is 0. The number of nitrogens with one attached hydrogen (secondary N) is 2. The van der Waals surface area contributed by atoms with Gasteiger partial charge in [-0.2, -0.15) is 0 Å². The first-order valence-corrected chi connectivity index (χ1v) is 11.3. The van der Waals surface area contributed by atoms with Crippen LogP contribution in [0.3, 0.4) is 0 Å². The van der Waals surface area contributed by atoms with Crippen molar-refractivity contribution in [1.82, 2.24) is 10.3 Å². The number of fused-ring (bicyclic) bond motifs is 1. The van der Waals surface area contributed by atoms with Gasteiger partial charge in [-0.1, -0.05) is 30.3 Å². The Morgan fingerprint density at radius 1 is 1.03 bits per heavy atom. The van der Waals surface area contributed by atoms with E-state index in [0.29, 0.717) is 12.5 Å². The van der Waals surface area contributed by atoms with Gasteiger partial charge in [-0.3, -0.25) is 4.79 Å². The molecule has 1 aliphatic rings. The number of carbonyl (C=O) groups excluding carboxylic acids is 1. The van der Waals surface area contributed by atoms with Gasteiger partial charge in [0, 0.05) is 43.3 Å². The molecule has 32 heavy (non-hydrogen) atoms. The summed E-state index contributed by atoms with van der Waals surface area (Å²) in [5.41, 5.74) is 3.13. The number of hydrogen-bond donors (Lipinski definition) is 2. The van der Waals surface area contributed by atoms with Crippen LogP contribution >= 0.6 is 0 Å². The monoisotopic (exact) mass is 432 g/mol. The SMILES string of the molecule is COc1cccc(CC(=O)NC2CCC(Nc3cc(N(C)C)c4ccccc4n3)CC2)c1. The van der Waals surface area contributed by atoms with Crippen LogP contribution < -0.4 is 20.3 Å². The fourth-order valence-electron chi connectivity index (χ4n) is 4.44. The van der Waals surface area contributed by atoms with Gasteiger partial charge in [0.1, 0.15) is 11.6 Å². The van der Waals surface area contributed by atoms with E-state index < -0.39 is 0 Å². The minimum atomic E-state index is 0.0708. The topological polar surface area (TPSA) is 66.5 Å². The molecule has 3 aromatic rings. The highest BCUT2D eigenvalue weighted by Crippen LogP contribution is 2.29. The van der Waals surface area contributed by atoms with Crippen molar-refractivity contribution in [3.8, 4) is 5.75 Å². The Bertz CT molecular complexity index is 1070. The largest absolute Gasteiger partial charge is 0.497 e. The first kappa shape index (κ1) is 21.9. The standard InChI is InChI=1S/C26H32N4O2/c1-30(2)24-17-25(29-23-10-5-4-9-22(23)24)27-19-11-13-20(14-12-19)28-26(31)16-18-7-6-8-21(15-18)32-3/h4-10,15,17,19-20H,11-14,16H2,1-3H3,(H,27,29)(H,28,31). The van der Waals surface area contributed by atoms with Crippen molar-refractivity contribution in [2.24, 2.45) is 0 Å². The van der Waals surface area contributed by atoms with Crippen LogP contribution in [0.2, 0.25) is 0 Å². The minimum Gasteiger partial charge on any atom is -0.497 e. The molecule has 1 aliphatic carbocycles. The number of hydrogen-bond acceptors (Lipinski definition) is 5. The molecule has 0 saturated heterocycles. The molecule has 1 fully saturated rings. The highest BCUT2D eigenvalue weighted by molar-refractivity contribution is 5.93. The Balaban J connectivity index is 1.31. The van der Waals surface area contributed by atoms with Gasteiger partial charge < -0.3 is 20.3 Å². The van der Waals surface area contributed by atoms with Crippen molar-refractivity contribution in [2.45, 2.75) is 44.2 Å². The van der Waals surface area contributed by atoms with E-state index >= 15 is 0 Å². The zero-order chi connectivity index (χ0) is 22.5. The Morgan fingerprint density at radius 3 is 2.53 bits per heavy atom. The van der Waals surface area contributed by atoms with Crippen LogP contribution in [0.4, 0.5) is 11.5 Å². The van der Waals surface area contributed by atoms with Gasteiger partial charge in [0.25, 0.3) is 0 Å². The molecule has 0 bridgehead atoms. The fourth-order valence-corrected chi connectivity index (χ4v) is 4.44. The Hall–Kier alpha value is -3.28. The normalized spacial score (nSPS) is 18.2. The van der Waals surface area contributed by atoms with Gasteiger partial charge in [-0.25, -0.2) is 4.98 Å². The first-order chi connectivity index (χ1) is 15.5. The predicted octanol–water partition coefficient (Wildman–Crippen LogP) is 4.39. The van der Waals surface area contributed by atoms with E-state index in [1.807, 2.05) is 36.4 Å². The summed E-state index contributed by atoms with van der Waals surface area (Å²) in [5.74, 6) is 1.76. The van der Waals surface area contributed by atoms with Gasteiger partial charge in [0.05, 0.1) is 19.0 Å². The molecule has 2 aromatic carbocycles. The summed E-state index contributed by atoms with van der Waals surface area (Å²) in [5, 5.41) is 8.00. The lowest BCUT2D eigenvalue weighted by Crippen LogP contribution is -2.40. The Morgan fingerprint density at radius 2 is 1.78 bits per heavy atom. The second-order valence-electron chi connectivity index (χ2n) is 8.73. The number of para-hydroxylation sites is 1. The van der Waals surface area contributed by atoms with E-state index in [2.05, 4.69) is 47.8 Å². The molecule has 0 aliphatic heterocycles. The molecular formula is C26H32N4O2. The second kappa shape index (κ2) is 9.90. The molecule has 0 unspecified atom stereocenters. The molecule has 1 amide bonds. The molecule has 0 radical (unpaired) electrons. The smallest absolute Gasteiger partial charge is 0.224 e. The molecular weight excluding hydrogens is 400 g/mol. The molecule has 1 saturated carbocycles. The summed E-state index contributed by atoms with van der Waals surface area (Å²) in [7, 11) is 5.76. The quantitative estimate of drug-likeness (QED) is 0.580. The first-order valence-electron chi connectivity index (χ1n) is 11.3. The number of aromatic nitrogens is 1. The van der Waals surface area contributed by atoms with Crippen molar-refractivity contribution >= 4 is 28.3 Å². The third-order valence-electron chi connectivity index (χ3n) is 6.12. The fraction of sp³-hybridized carbons (Fsp3) is 0.385. The molecule has 1 aromatic heterocycles. The van der Waals surface area contributed by atoms with E-state index in [0.717, 1.165) is 59.4 Å². The number of amides is 1. The molecule has 6 heteroatoms. The Labute approximate surface area is 190 Å². The van der Waals surface area contributed by atoms with Crippen LogP contribution in [0.15, 0.2) is 54.6 Å². The van der Waals surface area contributed by atoms with Crippen LogP contribution in [0.5, 0.6) is 5.75 Å². The maximum absolute atomic E-state index is 12.5. The Kier molecular flexibility index (Phi) is 6.78. The van der Waals surface area contributed by atoms with Gasteiger partial charge in [-0.05, 0) is 49.4 Å². The van der Waals surface area contributed by atoms with Crippen LogP contribution in [-0.2, 0) is 11.2 Å². The summed E-state index contributed by atoms with van der Waals surface area (Å²) in [4.78, 5) is 19.4. The molecule has 6 nitrogen and oxygen atoms in total. The highest BCUT2D eigenvalue weighted by atomic mass is 16.5. The van der Waals surface area contributed by atoms with Crippen molar-refractivity contribution in [1.29, 1.82) is 0 Å². The third kappa shape index (κ3) is 5.31. The highest BCUT2D eigenvalue weighted by Gasteiger charge is 2.23. The average Bonchev–Trinajstić information content (AvgIpc) is 2.80. The molecule has 168 valence electrons. The van der Waals surface area contributed by atoms with Crippen molar-refractivity contribution in [3.05, 3.63) is 60.2 Å². The van der Waals surface area contributed by atoms with Crippen LogP contribution in [0, 0.1) is 0 Å². The van der Waals surface area contributed by atoms with Crippen LogP contribution in [0.1, 0.15) is 31.2 Å². The minimum absolute atomic E-state index is 0.0708. The molecule has 1 heterocycles. The number of nitrogens with zero attached hydrogens (tertiary/aromatic N) is 2. The summed E-state index contributed by atoms with van der Waals surface area (Å²) < 4.78 is 5.24. The maximum Gasteiger partial charge on any atom is 0.224 e. The van der Waals surface area contributed by atoms with E-state index in [-0.39, 0.29) is 11.9 Å². The lowest BCUT2D eigenvalue weighted by molar-refractivity contribution is -0.121. The molecule has 4 rings (SSSR count). The zero-order valence-corrected chi connectivity index (χ0v) is 19.1. The van der Waals surface area contributed by atoms with Crippen molar-refractivity contribution in [2.75, 3.05) is 31.4 Å². The third-order valence-corrected chi connectivity index (χ3v) is 6.12. The van der Waals surface area contributed by atoms with Gasteiger partial charge in [0.2, 0.25) is 5.91 Å². The van der Waals surface area contributed by atoms with E-state index in [4.69, 9.17) is 9.72 Å². The number of benzene rings is 2. The summed E-state index contributed by atoms with van der Waals surface area (Å²) in [6, 6.07) is 18.7. The predicted molar refractivity (Wildman–Crippen MR) is 131 cm³/mol. The molecule has 0 spiro atoms. The number of carbonyl (C=O) groups is 1. The number of methoxy groups -OCH3 is 1. The summed E-state index contributed by atoms with van der Waals surface area (Å²) in [6.07, 6.45) is 4.33. The van der Waals surface area contributed by atoms with Gasteiger partial charge in [0.15, 0.2) is 0 Å². The van der Waals surface area contributed by atoms with E-state index in [1.165, 1.54) is 0 Å². The number of ether oxygens (including phenoxy) is 1. The molecule has 2 N–H and O–H groups in total. The number of anilines is 2. The number of rotatable bonds is 7. The number of pyridine rings is 1. The lowest BCUT2D eigenvalue weighted by atomic mass is 9.91.